The van der Waals surface area contributed by atoms with Gasteiger partial charge in [0.15, 0.2) is 5.13 Å². The highest BCUT2D eigenvalue weighted by Crippen LogP contribution is 2.27. The maximum atomic E-state index is 12.7. The molecule has 30 heavy (non-hydrogen) atoms. The number of aromatic nitrogens is 1. The van der Waals surface area contributed by atoms with Gasteiger partial charge in [-0.1, -0.05) is 17.7 Å². The highest BCUT2D eigenvalue weighted by molar-refractivity contribution is 7.13. The topological polar surface area (TPSA) is 74.8 Å². The molecule has 8 heteroatoms. The van der Waals surface area contributed by atoms with Gasteiger partial charge < -0.3 is 15.0 Å². The van der Waals surface area contributed by atoms with E-state index in [-0.39, 0.29) is 36.4 Å². The van der Waals surface area contributed by atoms with E-state index in [0.717, 1.165) is 36.6 Å². The molecule has 160 valence electrons. The predicted molar refractivity (Wildman–Crippen MR) is 118 cm³/mol. The third-order valence-corrected chi connectivity index (χ3v) is 6.31. The van der Waals surface area contributed by atoms with E-state index in [0.29, 0.717) is 11.7 Å². The molecule has 1 N–H and O–H groups in total. The van der Waals surface area contributed by atoms with Gasteiger partial charge in [0.1, 0.15) is 0 Å². The fourth-order valence-electron chi connectivity index (χ4n) is 4.14. The number of aryl methyl sites for hydroxylation is 1. The second-order valence-electron chi connectivity index (χ2n) is 8.33. The van der Waals surface area contributed by atoms with Crippen LogP contribution >= 0.6 is 11.3 Å². The molecule has 0 saturated carbocycles. The van der Waals surface area contributed by atoms with Crippen LogP contribution in [0.1, 0.15) is 31.5 Å². The Bertz CT molecular complexity index is 903. The van der Waals surface area contributed by atoms with Gasteiger partial charge in [0, 0.05) is 43.7 Å². The fourth-order valence-corrected chi connectivity index (χ4v) is 4.85. The van der Waals surface area contributed by atoms with E-state index in [1.54, 1.807) is 4.90 Å². The Morgan fingerprint density at radius 1 is 1.20 bits per heavy atom. The Morgan fingerprint density at radius 3 is 2.60 bits per heavy atom. The van der Waals surface area contributed by atoms with Gasteiger partial charge in [0.2, 0.25) is 11.8 Å². The molecule has 1 aromatic carbocycles. The summed E-state index contributed by atoms with van der Waals surface area (Å²) in [6.45, 7) is 9.07. The Labute approximate surface area is 181 Å². The molecule has 4 rings (SSSR count). The van der Waals surface area contributed by atoms with E-state index in [4.69, 9.17) is 4.74 Å². The maximum absolute atomic E-state index is 12.7. The minimum atomic E-state index is -0.368. The largest absolute Gasteiger partial charge is 0.373 e. The molecule has 0 unspecified atom stereocenters. The molecule has 0 bridgehead atoms. The quantitative estimate of drug-likeness (QED) is 0.792. The van der Waals surface area contributed by atoms with Crippen LogP contribution in [0.4, 0.5) is 10.8 Å². The van der Waals surface area contributed by atoms with Gasteiger partial charge in [-0.05, 0) is 32.9 Å². The van der Waals surface area contributed by atoms with Crippen molar-refractivity contribution < 1.29 is 14.3 Å². The fraction of sp³-hybridized carbons (Fsp3) is 0.500. The summed E-state index contributed by atoms with van der Waals surface area (Å²) < 4.78 is 5.78. The van der Waals surface area contributed by atoms with Gasteiger partial charge in [-0.3, -0.25) is 14.5 Å². The number of amides is 2. The van der Waals surface area contributed by atoms with E-state index in [2.05, 4.69) is 29.0 Å². The number of nitrogens with zero attached hydrogens (tertiary/aromatic N) is 3. The average molecular weight is 429 g/mol. The summed E-state index contributed by atoms with van der Waals surface area (Å²) >= 11 is 1.43. The lowest BCUT2D eigenvalue weighted by Crippen LogP contribution is -2.44. The van der Waals surface area contributed by atoms with Crippen LogP contribution in [0.5, 0.6) is 0 Å². The first-order chi connectivity index (χ1) is 14.4. The normalized spacial score (nSPS) is 25.0. The molecule has 0 radical (unpaired) electrons. The Balaban J connectivity index is 1.33. The second kappa shape index (κ2) is 8.83. The summed E-state index contributed by atoms with van der Waals surface area (Å²) in [6.07, 6.45) is 0.646. The number of anilines is 2. The second-order valence-corrected chi connectivity index (χ2v) is 9.18. The minimum absolute atomic E-state index is 0.0191. The lowest BCUT2D eigenvalue weighted by molar-refractivity contribution is -0.122. The van der Waals surface area contributed by atoms with Crippen molar-refractivity contribution in [1.82, 2.24) is 9.88 Å². The van der Waals surface area contributed by atoms with Crippen LogP contribution in [0, 0.1) is 12.8 Å². The monoisotopic (exact) mass is 428 g/mol. The third kappa shape index (κ3) is 4.88. The number of thiazole rings is 1. The van der Waals surface area contributed by atoms with Crippen molar-refractivity contribution in [2.24, 2.45) is 5.92 Å². The predicted octanol–water partition coefficient (Wildman–Crippen LogP) is 3.05. The van der Waals surface area contributed by atoms with E-state index in [1.807, 2.05) is 36.6 Å². The molecule has 0 aliphatic carbocycles. The molecule has 2 amide bonds. The number of hydrogen-bond donors (Lipinski definition) is 1. The summed E-state index contributed by atoms with van der Waals surface area (Å²) in [5, 5.41) is 5.48. The standard InChI is InChI=1S/C22H28N4O3S/c1-14-4-6-19(7-5-14)26-11-17(8-20(26)27)21(28)24-22-23-18(13-30-22)12-25-9-15(2)29-16(3)10-25/h4-7,13,15-17H,8-12H2,1-3H3,(H,23,24,28)/t15-,16+,17-/m0/s1. The highest BCUT2D eigenvalue weighted by Gasteiger charge is 2.35. The van der Waals surface area contributed by atoms with Gasteiger partial charge in [-0.25, -0.2) is 4.98 Å². The van der Waals surface area contributed by atoms with Gasteiger partial charge in [0.05, 0.1) is 23.8 Å². The Hall–Kier alpha value is -2.29. The molecule has 3 heterocycles. The molecule has 0 spiro atoms. The van der Waals surface area contributed by atoms with Gasteiger partial charge in [0.25, 0.3) is 0 Å². The van der Waals surface area contributed by atoms with Crippen molar-refractivity contribution in [1.29, 1.82) is 0 Å². The number of carbonyl (C=O) groups excluding carboxylic acids is 2. The molecule has 3 atom stereocenters. The Kier molecular flexibility index (Phi) is 6.17. The van der Waals surface area contributed by atoms with Gasteiger partial charge >= 0.3 is 0 Å². The average Bonchev–Trinajstić information content (AvgIpc) is 3.28. The molecule has 7 nitrogen and oxygen atoms in total. The summed E-state index contributed by atoms with van der Waals surface area (Å²) in [6, 6.07) is 7.80. The van der Waals surface area contributed by atoms with Crippen molar-refractivity contribution in [2.75, 3.05) is 29.9 Å². The first-order valence-electron chi connectivity index (χ1n) is 10.4. The lowest BCUT2D eigenvalue weighted by atomic mass is 10.1. The van der Waals surface area contributed by atoms with Gasteiger partial charge in [-0.2, -0.15) is 0 Å². The van der Waals surface area contributed by atoms with E-state index >= 15 is 0 Å². The van der Waals surface area contributed by atoms with Crippen molar-refractivity contribution in [3.63, 3.8) is 0 Å². The van der Waals surface area contributed by atoms with Crippen molar-refractivity contribution in [2.45, 2.75) is 45.9 Å². The molecular weight excluding hydrogens is 400 g/mol. The van der Waals surface area contributed by atoms with Crippen LogP contribution in [0.3, 0.4) is 0 Å². The van der Waals surface area contributed by atoms with Crippen LogP contribution in [-0.4, -0.2) is 53.5 Å². The minimum Gasteiger partial charge on any atom is -0.373 e. The maximum Gasteiger partial charge on any atom is 0.231 e. The number of rotatable bonds is 5. The number of hydrogen-bond acceptors (Lipinski definition) is 6. The summed E-state index contributed by atoms with van der Waals surface area (Å²) in [5.41, 5.74) is 2.92. The highest BCUT2D eigenvalue weighted by atomic mass is 32.1. The number of ether oxygens (including phenoxy) is 1. The molecule has 2 aliphatic rings. The number of benzene rings is 1. The molecule has 2 aliphatic heterocycles. The summed E-state index contributed by atoms with van der Waals surface area (Å²) in [4.78, 5) is 33.7. The molecular formula is C22H28N4O3S. The molecule has 1 aromatic heterocycles. The Morgan fingerprint density at radius 2 is 1.90 bits per heavy atom. The van der Waals surface area contributed by atoms with Crippen LogP contribution in [-0.2, 0) is 20.9 Å². The van der Waals surface area contributed by atoms with Crippen LogP contribution in [0.15, 0.2) is 29.6 Å². The number of morpholine rings is 1. The number of nitrogens with one attached hydrogen (secondary N) is 1. The van der Waals surface area contributed by atoms with Crippen molar-refractivity contribution >= 4 is 34.0 Å². The van der Waals surface area contributed by atoms with E-state index < -0.39 is 0 Å². The van der Waals surface area contributed by atoms with Gasteiger partial charge in [-0.15, -0.1) is 11.3 Å². The first-order valence-corrected chi connectivity index (χ1v) is 11.3. The van der Waals surface area contributed by atoms with E-state index in [9.17, 15) is 9.59 Å². The van der Waals surface area contributed by atoms with Crippen molar-refractivity contribution in [3.8, 4) is 0 Å². The zero-order valence-corrected chi connectivity index (χ0v) is 18.4. The molecule has 2 saturated heterocycles. The van der Waals surface area contributed by atoms with Crippen LogP contribution < -0.4 is 10.2 Å². The third-order valence-electron chi connectivity index (χ3n) is 5.50. The van der Waals surface area contributed by atoms with Crippen LogP contribution in [0.25, 0.3) is 0 Å². The van der Waals surface area contributed by atoms with Crippen LogP contribution in [0.2, 0.25) is 0 Å². The zero-order chi connectivity index (χ0) is 21.3. The van der Waals surface area contributed by atoms with E-state index in [1.165, 1.54) is 11.3 Å². The lowest BCUT2D eigenvalue weighted by Gasteiger charge is -2.34. The summed E-state index contributed by atoms with van der Waals surface area (Å²) in [7, 11) is 0. The first kappa shape index (κ1) is 21.0. The summed E-state index contributed by atoms with van der Waals surface area (Å²) in [5.74, 6) is -0.533. The zero-order valence-electron chi connectivity index (χ0n) is 17.6. The number of carbonyl (C=O) groups is 2. The molecule has 2 aromatic rings. The smallest absolute Gasteiger partial charge is 0.231 e. The van der Waals surface area contributed by atoms with Crippen molar-refractivity contribution in [3.05, 3.63) is 40.9 Å². The SMILES string of the molecule is Cc1ccc(N2C[C@@H](C(=O)Nc3nc(CN4C[C@@H](C)O[C@@H](C)C4)cs3)CC2=O)cc1. The molecule has 2 fully saturated rings.